The Hall–Kier alpha value is -0.350. The molecule has 0 bridgehead atoms. The van der Waals surface area contributed by atoms with Crippen LogP contribution in [-0.4, -0.2) is 33.1 Å². The van der Waals surface area contributed by atoms with Gasteiger partial charge in [0, 0.05) is 24.5 Å². The molecule has 0 fully saturated rings. The van der Waals surface area contributed by atoms with Crippen LogP contribution in [0.3, 0.4) is 0 Å². The van der Waals surface area contributed by atoms with Gasteiger partial charge in [0.05, 0.1) is 11.4 Å². The molecule has 1 aromatic heterocycles. The van der Waals surface area contributed by atoms with Crippen LogP contribution in [0.15, 0.2) is 6.07 Å². The van der Waals surface area contributed by atoms with Gasteiger partial charge in [0.1, 0.15) is 0 Å². The largest absolute Gasteiger partial charge is 0.297 e. The molecule has 0 aromatic carbocycles. The lowest BCUT2D eigenvalue weighted by atomic mass is 10.3. The van der Waals surface area contributed by atoms with Gasteiger partial charge < -0.3 is 0 Å². The van der Waals surface area contributed by atoms with Gasteiger partial charge in [0.2, 0.25) is 0 Å². The maximum absolute atomic E-state index is 4.45. The maximum Gasteiger partial charge on any atom is 0.0597 e. The van der Waals surface area contributed by atoms with E-state index in [-0.39, 0.29) is 0 Å². The summed E-state index contributed by atoms with van der Waals surface area (Å²) in [5, 5.41) is 5.45. The topological polar surface area (TPSA) is 21.1 Å². The number of aryl methyl sites for hydroxylation is 2. The zero-order chi connectivity index (χ0) is 11.4. The predicted molar refractivity (Wildman–Crippen MR) is 67.4 cm³/mol. The zero-order valence-corrected chi connectivity index (χ0v) is 11.6. The quantitative estimate of drug-likeness (QED) is 0.769. The minimum atomic E-state index is 0.547. The van der Waals surface area contributed by atoms with E-state index in [9.17, 15) is 0 Å². The van der Waals surface area contributed by atoms with Crippen LogP contribution in [0.5, 0.6) is 0 Å². The minimum absolute atomic E-state index is 0.547. The minimum Gasteiger partial charge on any atom is -0.297 e. The van der Waals surface area contributed by atoms with E-state index in [0.29, 0.717) is 6.04 Å². The average Bonchev–Trinajstić information content (AvgIpc) is 2.57. The lowest BCUT2D eigenvalue weighted by Gasteiger charge is -2.22. The zero-order valence-electron chi connectivity index (χ0n) is 10.00. The summed E-state index contributed by atoms with van der Waals surface area (Å²) in [4.78, 5) is 2.33. The molecular weight excluding hydrogens is 254 g/mol. The summed E-state index contributed by atoms with van der Waals surface area (Å²) < 4.78 is 2.08. The first-order valence-corrected chi connectivity index (χ1v) is 6.50. The molecule has 0 amide bonds. The van der Waals surface area contributed by atoms with E-state index in [4.69, 9.17) is 0 Å². The Bertz CT molecular complexity index is 309. The summed E-state index contributed by atoms with van der Waals surface area (Å²) in [6, 6.07) is 2.71. The normalized spacial score (nSPS) is 13.5. The highest BCUT2D eigenvalue weighted by atomic mass is 79.9. The van der Waals surface area contributed by atoms with Crippen LogP contribution in [0, 0.1) is 6.92 Å². The fourth-order valence-electron chi connectivity index (χ4n) is 1.53. The van der Waals surface area contributed by atoms with E-state index in [2.05, 4.69) is 57.6 Å². The van der Waals surface area contributed by atoms with E-state index >= 15 is 0 Å². The summed E-state index contributed by atoms with van der Waals surface area (Å²) in [6.07, 6.45) is 0. The Labute approximate surface area is 101 Å². The molecule has 0 radical (unpaired) electrons. The number of alkyl halides is 1. The second kappa shape index (κ2) is 5.66. The SMILES string of the molecule is CCn1nc(C)cc1CN(C)C(C)CBr. The van der Waals surface area contributed by atoms with Crippen LogP contribution in [0.4, 0.5) is 0 Å². The Morgan fingerprint density at radius 3 is 2.80 bits per heavy atom. The highest BCUT2D eigenvalue weighted by molar-refractivity contribution is 9.09. The van der Waals surface area contributed by atoms with Crippen molar-refractivity contribution in [2.75, 3.05) is 12.4 Å². The smallest absolute Gasteiger partial charge is 0.0597 e. The third-order valence-electron chi connectivity index (χ3n) is 2.67. The third kappa shape index (κ3) is 3.31. The van der Waals surface area contributed by atoms with Gasteiger partial charge in [0.15, 0.2) is 0 Å². The molecule has 0 N–H and O–H groups in total. The lowest BCUT2D eigenvalue weighted by Crippen LogP contribution is -2.30. The first-order valence-electron chi connectivity index (χ1n) is 5.38. The van der Waals surface area contributed by atoms with Crippen molar-refractivity contribution in [2.45, 2.75) is 39.9 Å². The number of aromatic nitrogens is 2. The van der Waals surface area contributed by atoms with Gasteiger partial charge in [-0.25, -0.2) is 0 Å². The highest BCUT2D eigenvalue weighted by Gasteiger charge is 2.11. The average molecular weight is 274 g/mol. The molecule has 1 unspecified atom stereocenters. The summed E-state index contributed by atoms with van der Waals surface area (Å²) in [5.74, 6) is 0. The van der Waals surface area contributed by atoms with Crippen LogP contribution < -0.4 is 0 Å². The van der Waals surface area contributed by atoms with Crippen LogP contribution in [-0.2, 0) is 13.1 Å². The molecule has 86 valence electrons. The van der Waals surface area contributed by atoms with Gasteiger partial charge in [0.25, 0.3) is 0 Å². The third-order valence-corrected chi connectivity index (χ3v) is 3.61. The van der Waals surface area contributed by atoms with Crippen LogP contribution in [0.1, 0.15) is 25.2 Å². The molecule has 1 heterocycles. The first-order chi connectivity index (χ1) is 7.08. The Morgan fingerprint density at radius 1 is 1.60 bits per heavy atom. The van der Waals surface area contributed by atoms with E-state index in [1.807, 2.05) is 6.92 Å². The number of nitrogens with zero attached hydrogens (tertiary/aromatic N) is 3. The van der Waals surface area contributed by atoms with E-state index < -0.39 is 0 Å². The molecule has 0 aliphatic rings. The van der Waals surface area contributed by atoms with E-state index in [0.717, 1.165) is 24.1 Å². The van der Waals surface area contributed by atoms with Gasteiger partial charge in [-0.05, 0) is 33.9 Å². The van der Waals surface area contributed by atoms with Crippen LogP contribution in [0.2, 0.25) is 0 Å². The fraction of sp³-hybridized carbons (Fsp3) is 0.727. The van der Waals surface area contributed by atoms with Gasteiger partial charge >= 0.3 is 0 Å². The molecule has 0 spiro atoms. The summed E-state index contributed by atoms with van der Waals surface area (Å²) in [6.45, 7) is 8.29. The molecule has 0 saturated heterocycles. The van der Waals surface area contributed by atoms with Crippen molar-refractivity contribution in [3.63, 3.8) is 0 Å². The summed E-state index contributed by atoms with van der Waals surface area (Å²) in [7, 11) is 2.15. The molecule has 1 atom stereocenters. The molecule has 0 aliphatic carbocycles. The molecule has 1 aromatic rings. The molecule has 0 aliphatic heterocycles. The van der Waals surface area contributed by atoms with E-state index in [1.165, 1.54) is 5.69 Å². The summed E-state index contributed by atoms with van der Waals surface area (Å²) >= 11 is 3.51. The summed E-state index contributed by atoms with van der Waals surface area (Å²) in [5.41, 5.74) is 2.40. The second-order valence-corrected chi connectivity index (χ2v) is 4.66. The Balaban J connectivity index is 2.70. The first kappa shape index (κ1) is 12.7. The Kier molecular flexibility index (Phi) is 4.80. The number of hydrogen-bond acceptors (Lipinski definition) is 2. The van der Waals surface area contributed by atoms with E-state index in [1.54, 1.807) is 0 Å². The van der Waals surface area contributed by atoms with Crippen molar-refractivity contribution < 1.29 is 0 Å². The monoisotopic (exact) mass is 273 g/mol. The molecule has 3 nitrogen and oxygen atoms in total. The molecule has 1 rings (SSSR count). The van der Waals surface area contributed by atoms with Gasteiger partial charge in [-0.15, -0.1) is 0 Å². The highest BCUT2D eigenvalue weighted by Crippen LogP contribution is 2.09. The number of rotatable bonds is 5. The molecule has 4 heteroatoms. The van der Waals surface area contributed by atoms with Crippen LogP contribution in [0.25, 0.3) is 0 Å². The van der Waals surface area contributed by atoms with Crippen LogP contribution >= 0.6 is 15.9 Å². The standard InChI is InChI=1S/C11H20BrN3/c1-5-15-11(6-9(2)13-15)8-14(4)10(3)7-12/h6,10H,5,7-8H2,1-4H3. The van der Waals surface area contributed by atoms with Crippen molar-refractivity contribution in [2.24, 2.45) is 0 Å². The van der Waals surface area contributed by atoms with Crippen molar-refractivity contribution >= 4 is 15.9 Å². The Morgan fingerprint density at radius 2 is 2.27 bits per heavy atom. The fourth-order valence-corrected chi connectivity index (χ4v) is 2.02. The lowest BCUT2D eigenvalue weighted by molar-refractivity contribution is 0.262. The van der Waals surface area contributed by atoms with Crippen molar-refractivity contribution in [3.05, 3.63) is 17.5 Å². The maximum atomic E-state index is 4.45. The second-order valence-electron chi connectivity index (χ2n) is 4.01. The number of hydrogen-bond donors (Lipinski definition) is 0. The predicted octanol–water partition coefficient (Wildman–Crippen LogP) is 2.43. The van der Waals surface area contributed by atoms with Crippen molar-refractivity contribution in [1.29, 1.82) is 0 Å². The van der Waals surface area contributed by atoms with Crippen molar-refractivity contribution in [3.8, 4) is 0 Å². The van der Waals surface area contributed by atoms with Crippen molar-refractivity contribution in [1.82, 2.24) is 14.7 Å². The molecule has 15 heavy (non-hydrogen) atoms. The molecule has 0 saturated carbocycles. The van der Waals surface area contributed by atoms with Gasteiger partial charge in [-0.1, -0.05) is 15.9 Å². The number of halogens is 1. The van der Waals surface area contributed by atoms with Gasteiger partial charge in [-0.3, -0.25) is 9.58 Å². The molecular formula is C11H20BrN3. The van der Waals surface area contributed by atoms with Gasteiger partial charge in [-0.2, -0.15) is 5.10 Å².